The van der Waals surface area contributed by atoms with Crippen LogP contribution in [0.5, 0.6) is 0 Å². The first-order valence-electron chi connectivity index (χ1n) is 5.91. The lowest BCUT2D eigenvalue weighted by Crippen LogP contribution is -2.27. The number of hydrogen-bond acceptors (Lipinski definition) is 3. The molecule has 0 heterocycles. The molecular formula is C15H18N2O2. The maximum Gasteiger partial charge on any atom is 0.236 e. The number of primary amides is 1. The number of allylic oxidation sites excluding steroid dienone is 1. The molecule has 0 unspecified atom stereocenters. The van der Waals surface area contributed by atoms with Crippen molar-refractivity contribution in [2.24, 2.45) is 5.73 Å². The van der Waals surface area contributed by atoms with E-state index in [0.717, 1.165) is 11.1 Å². The Morgan fingerprint density at radius 2 is 1.84 bits per heavy atom. The van der Waals surface area contributed by atoms with Crippen molar-refractivity contribution in [2.75, 3.05) is 6.54 Å². The zero-order valence-corrected chi connectivity index (χ0v) is 11.2. The highest BCUT2D eigenvalue weighted by Gasteiger charge is 2.01. The average molecular weight is 258 g/mol. The third-order valence-electron chi connectivity index (χ3n) is 2.67. The van der Waals surface area contributed by atoms with Gasteiger partial charge in [0.1, 0.15) is 0 Å². The highest BCUT2D eigenvalue weighted by molar-refractivity contribution is 5.97. The quantitative estimate of drug-likeness (QED) is 0.763. The van der Waals surface area contributed by atoms with Gasteiger partial charge in [0.15, 0.2) is 5.78 Å². The number of ketones is 1. The monoisotopic (exact) mass is 258 g/mol. The van der Waals surface area contributed by atoms with Gasteiger partial charge in [0.05, 0.1) is 6.54 Å². The van der Waals surface area contributed by atoms with Gasteiger partial charge in [-0.2, -0.15) is 0 Å². The topological polar surface area (TPSA) is 72.2 Å². The Bertz CT molecular complexity index is 528. The highest BCUT2D eigenvalue weighted by atomic mass is 16.1. The van der Waals surface area contributed by atoms with Crippen molar-refractivity contribution in [3.05, 3.63) is 47.5 Å². The molecule has 0 aliphatic heterocycles. The maximum atomic E-state index is 11.1. The number of nitrogens with two attached hydrogens (primary N) is 1. The molecule has 3 N–H and O–H groups in total. The van der Waals surface area contributed by atoms with Gasteiger partial charge >= 0.3 is 0 Å². The molecule has 0 radical (unpaired) electrons. The fraction of sp³-hybridized carbons (Fsp3) is 0.200. The molecule has 4 nitrogen and oxygen atoms in total. The van der Waals surface area contributed by atoms with E-state index in [2.05, 4.69) is 11.9 Å². The van der Waals surface area contributed by atoms with Crippen molar-refractivity contribution < 1.29 is 9.59 Å². The van der Waals surface area contributed by atoms with Crippen LogP contribution in [0.4, 0.5) is 0 Å². The van der Waals surface area contributed by atoms with E-state index < -0.39 is 5.91 Å². The normalized spacial score (nSPS) is 10.9. The molecule has 0 aliphatic carbocycles. The van der Waals surface area contributed by atoms with Crippen LogP contribution in [-0.2, 0) is 9.59 Å². The largest absolute Gasteiger partial charge is 0.376 e. The van der Waals surface area contributed by atoms with Gasteiger partial charge in [0.25, 0.3) is 0 Å². The predicted octanol–water partition coefficient (Wildman–Crippen LogP) is 1.72. The van der Waals surface area contributed by atoms with Crippen LogP contribution in [0.15, 0.2) is 36.4 Å². The van der Waals surface area contributed by atoms with Crippen molar-refractivity contribution in [3.8, 4) is 0 Å². The molecule has 1 amide bonds. The van der Waals surface area contributed by atoms with Gasteiger partial charge in [0.2, 0.25) is 5.91 Å². The minimum atomic E-state index is -0.433. The second-order valence-corrected chi connectivity index (χ2v) is 4.30. The lowest BCUT2D eigenvalue weighted by atomic mass is 10.1. The van der Waals surface area contributed by atoms with E-state index in [1.165, 1.54) is 6.92 Å². The first-order chi connectivity index (χ1) is 8.90. The zero-order valence-electron chi connectivity index (χ0n) is 11.2. The Morgan fingerprint density at radius 3 is 2.32 bits per heavy atom. The van der Waals surface area contributed by atoms with E-state index in [0.29, 0.717) is 11.3 Å². The molecule has 0 aromatic heterocycles. The Hall–Kier alpha value is -2.36. The summed E-state index contributed by atoms with van der Waals surface area (Å²) in [5, 5.41) is 2.84. The molecule has 1 aromatic rings. The molecule has 0 aliphatic rings. The highest BCUT2D eigenvalue weighted by Crippen LogP contribution is 2.13. The lowest BCUT2D eigenvalue weighted by molar-refractivity contribution is -0.117. The number of benzene rings is 1. The number of Topliss-reactive ketones (excluding diaryl/α,β-unsaturated/α-hetero) is 1. The number of amides is 1. The molecule has 0 saturated heterocycles. The van der Waals surface area contributed by atoms with E-state index in [1.807, 2.05) is 30.3 Å². The van der Waals surface area contributed by atoms with Gasteiger partial charge in [-0.15, -0.1) is 0 Å². The molecular weight excluding hydrogens is 240 g/mol. The summed E-state index contributed by atoms with van der Waals surface area (Å²) in [7, 11) is 0. The average Bonchev–Trinajstić information content (AvgIpc) is 2.36. The second kappa shape index (κ2) is 6.54. The Labute approximate surface area is 113 Å². The van der Waals surface area contributed by atoms with Crippen LogP contribution in [0.2, 0.25) is 0 Å². The number of nitrogens with one attached hydrogen (secondary N) is 1. The molecule has 0 atom stereocenters. The Morgan fingerprint density at radius 1 is 1.26 bits per heavy atom. The van der Waals surface area contributed by atoms with Crippen LogP contribution in [0, 0.1) is 0 Å². The summed E-state index contributed by atoms with van der Waals surface area (Å²) >= 11 is 0. The minimum absolute atomic E-state index is 0.0524. The van der Waals surface area contributed by atoms with E-state index >= 15 is 0 Å². The first-order valence-corrected chi connectivity index (χ1v) is 5.91. The summed E-state index contributed by atoms with van der Waals surface area (Å²) in [4.78, 5) is 21.8. The number of rotatable bonds is 6. The summed E-state index contributed by atoms with van der Waals surface area (Å²) in [5.74, 6) is -0.380. The third-order valence-corrected chi connectivity index (χ3v) is 2.67. The number of hydrogen-bond donors (Lipinski definition) is 2. The molecule has 0 fully saturated rings. The van der Waals surface area contributed by atoms with E-state index in [4.69, 9.17) is 5.73 Å². The van der Waals surface area contributed by atoms with E-state index in [1.54, 1.807) is 6.92 Å². The van der Waals surface area contributed by atoms with Gasteiger partial charge < -0.3 is 11.1 Å². The van der Waals surface area contributed by atoms with Crippen molar-refractivity contribution >= 4 is 23.5 Å². The smallest absolute Gasteiger partial charge is 0.236 e. The fourth-order valence-electron chi connectivity index (χ4n) is 1.43. The fourth-order valence-corrected chi connectivity index (χ4v) is 1.43. The lowest BCUT2D eigenvalue weighted by Gasteiger charge is -2.08. The SMILES string of the molecule is C=C(NCC(N)=O)c1ccc(/C=C(\C)C(C)=O)cc1. The van der Waals surface area contributed by atoms with Crippen molar-refractivity contribution in [3.63, 3.8) is 0 Å². The molecule has 0 spiro atoms. The number of carbonyl (C=O) groups is 2. The van der Waals surface area contributed by atoms with Crippen LogP contribution >= 0.6 is 0 Å². The summed E-state index contributed by atoms with van der Waals surface area (Å²) in [6, 6.07) is 7.52. The van der Waals surface area contributed by atoms with Crippen LogP contribution in [-0.4, -0.2) is 18.2 Å². The summed E-state index contributed by atoms with van der Waals surface area (Å²) < 4.78 is 0. The van der Waals surface area contributed by atoms with Gasteiger partial charge in [-0.1, -0.05) is 30.8 Å². The predicted molar refractivity (Wildman–Crippen MR) is 77.0 cm³/mol. The Balaban J connectivity index is 2.76. The molecule has 100 valence electrons. The van der Waals surface area contributed by atoms with Gasteiger partial charge in [0, 0.05) is 5.70 Å². The third kappa shape index (κ3) is 4.79. The molecule has 1 rings (SSSR count). The van der Waals surface area contributed by atoms with Gasteiger partial charge in [-0.05, 0) is 36.6 Å². The first kappa shape index (κ1) is 14.7. The molecule has 4 heteroatoms. The zero-order chi connectivity index (χ0) is 14.4. The van der Waals surface area contributed by atoms with Gasteiger partial charge in [-0.3, -0.25) is 9.59 Å². The standard InChI is InChI=1S/C15H18N2O2/c1-10(12(3)18)8-13-4-6-14(7-5-13)11(2)17-9-15(16)19/h4-8,17H,2,9H2,1,3H3,(H2,16,19)/b10-8+. The van der Waals surface area contributed by atoms with Crippen molar-refractivity contribution in [2.45, 2.75) is 13.8 Å². The minimum Gasteiger partial charge on any atom is -0.376 e. The molecule has 1 aromatic carbocycles. The number of carbonyl (C=O) groups excluding carboxylic acids is 2. The van der Waals surface area contributed by atoms with Gasteiger partial charge in [-0.25, -0.2) is 0 Å². The maximum absolute atomic E-state index is 11.1. The van der Waals surface area contributed by atoms with Crippen molar-refractivity contribution in [1.82, 2.24) is 5.32 Å². The van der Waals surface area contributed by atoms with Crippen LogP contribution in [0.3, 0.4) is 0 Å². The second-order valence-electron chi connectivity index (χ2n) is 4.30. The molecule has 0 saturated carbocycles. The summed E-state index contributed by atoms with van der Waals surface area (Å²) in [6.07, 6.45) is 1.83. The van der Waals surface area contributed by atoms with E-state index in [9.17, 15) is 9.59 Å². The molecule has 0 bridgehead atoms. The van der Waals surface area contributed by atoms with Crippen LogP contribution < -0.4 is 11.1 Å². The summed E-state index contributed by atoms with van der Waals surface area (Å²) in [6.45, 7) is 7.21. The van der Waals surface area contributed by atoms with Crippen molar-refractivity contribution in [1.29, 1.82) is 0 Å². The summed E-state index contributed by atoms with van der Waals surface area (Å²) in [5.41, 5.74) is 8.21. The molecule has 19 heavy (non-hydrogen) atoms. The van der Waals surface area contributed by atoms with Crippen LogP contribution in [0.1, 0.15) is 25.0 Å². The van der Waals surface area contributed by atoms with Crippen LogP contribution in [0.25, 0.3) is 11.8 Å². The van der Waals surface area contributed by atoms with E-state index in [-0.39, 0.29) is 12.3 Å². The Kier molecular flexibility index (Phi) is 5.06.